The van der Waals surface area contributed by atoms with Crippen LogP contribution in [0.15, 0.2) is 60.7 Å². The zero-order valence-corrected chi connectivity index (χ0v) is 13.8. The molecule has 2 aromatic rings. The summed E-state index contributed by atoms with van der Waals surface area (Å²) in [5.74, 6) is 0.974. The van der Waals surface area contributed by atoms with E-state index in [4.69, 9.17) is 9.47 Å². The summed E-state index contributed by atoms with van der Waals surface area (Å²) >= 11 is 0. The fourth-order valence-electron chi connectivity index (χ4n) is 2.11. The Hall–Kier alpha value is -2.88. The minimum Gasteiger partial charge on any atom is -0.494 e. The number of hydrogen-bond donors (Lipinski definition) is 0. The molecule has 0 saturated heterocycles. The van der Waals surface area contributed by atoms with Crippen molar-refractivity contribution in [1.82, 2.24) is 0 Å². The third-order valence-electron chi connectivity index (χ3n) is 3.29. The Kier molecular flexibility index (Phi) is 6.32. The summed E-state index contributed by atoms with van der Waals surface area (Å²) in [6.07, 6.45) is 2.57. The van der Waals surface area contributed by atoms with Crippen LogP contribution in [0, 0.1) is 0 Å². The van der Waals surface area contributed by atoms with Crippen molar-refractivity contribution < 1.29 is 19.1 Å². The highest BCUT2D eigenvalue weighted by Gasteiger charge is 2.06. The summed E-state index contributed by atoms with van der Waals surface area (Å²) in [6.45, 7) is 4.94. The van der Waals surface area contributed by atoms with Crippen LogP contribution >= 0.6 is 0 Å². The van der Waals surface area contributed by atoms with Gasteiger partial charge < -0.3 is 9.47 Å². The van der Waals surface area contributed by atoms with Crippen LogP contribution in [0.4, 0.5) is 0 Å². The van der Waals surface area contributed by atoms with Crippen LogP contribution in [0.25, 0.3) is 0 Å². The van der Waals surface area contributed by atoms with Crippen molar-refractivity contribution in [2.75, 3.05) is 13.2 Å². The monoisotopic (exact) mass is 324 g/mol. The maximum atomic E-state index is 12.1. The minimum absolute atomic E-state index is 0.225. The second-order valence-corrected chi connectivity index (χ2v) is 4.98. The van der Waals surface area contributed by atoms with Gasteiger partial charge in [0.2, 0.25) is 0 Å². The Morgan fingerprint density at radius 2 is 1.04 bits per heavy atom. The standard InChI is InChI=1S/C20H20O4/c1-3-23-17-9-5-15(6-10-17)19(21)13-14-20(22)16-7-11-18(12-8-16)24-4-2/h5-14H,3-4H2,1-2H3/b14-13+. The second kappa shape index (κ2) is 8.67. The Labute approximate surface area is 141 Å². The highest BCUT2D eigenvalue weighted by molar-refractivity contribution is 6.11. The molecule has 0 amide bonds. The molecule has 4 heteroatoms. The van der Waals surface area contributed by atoms with Crippen LogP contribution in [0.3, 0.4) is 0 Å². The second-order valence-electron chi connectivity index (χ2n) is 4.98. The van der Waals surface area contributed by atoms with Crippen molar-refractivity contribution >= 4 is 11.6 Å². The Bertz CT molecular complexity index is 649. The topological polar surface area (TPSA) is 52.6 Å². The van der Waals surface area contributed by atoms with Gasteiger partial charge in [0.25, 0.3) is 0 Å². The summed E-state index contributed by atoms with van der Waals surface area (Å²) < 4.78 is 10.7. The fraction of sp³-hybridized carbons (Fsp3) is 0.200. The molecule has 0 aliphatic rings. The molecule has 0 aliphatic heterocycles. The van der Waals surface area contributed by atoms with Crippen LogP contribution in [0.1, 0.15) is 34.6 Å². The number of ketones is 2. The molecule has 2 aromatic carbocycles. The van der Waals surface area contributed by atoms with Gasteiger partial charge in [0.05, 0.1) is 13.2 Å². The first kappa shape index (κ1) is 17.5. The van der Waals surface area contributed by atoms with Crippen LogP contribution in [-0.4, -0.2) is 24.8 Å². The average molecular weight is 324 g/mol. The van der Waals surface area contributed by atoms with Crippen LogP contribution in [0.2, 0.25) is 0 Å². The quantitative estimate of drug-likeness (QED) is 0.542. The van der Waals surface area contributed by atoms with Crippen LogP contribution in [0.5, 0.6) is 11.5 Å². The lowest BCUT2D eigenvalue weighted by atomic mass is 10.1. The highest BCUT2D eigenvalue weighted by atomic mass is 16.5. The number of hydrogen-bond acceptors (Lipinski definition) is 4. The van der Waals surface area contributed by atoms with E-state index in [-0.39, 0.29) is 11.6 Å². The molecule has 0 N–H and O–H groups in total. The first-order chi connectivity index (χ1) is 11.6. The third kappa shape index (κ3) is 4.81. The van der Waals surface area contributed by atoms with Crippen molar-refractivity contribution in [1.29, 1.82) is 0 Å². The molecule has 0 saturated carbocycles. The first-order valence-electron chi connectivity index (χ1n) is 7.86. The van der Waals surface area contributed by atoms with Gasteiger partial charge in [-0.2, -0.15) is 0 Å². The molecule has 0 aliphatic carbocycles. The molecule has 0 fully saturated rings. The largest absolute Gasteiger partial charge is 0.494 e. The lowest BCUT2D eigenvalue weighted by Gasteiger charge is -2.03. The number of rotatable bonds is 8. The minimum atomic E-state index is -0.225. The number of allylic oxidation sites excluding steroid dienone is 2. The van der Waals surface area contributed by atoms with Crippen molar-refractivity contribution in [3.8, 4) is 11.5 Å². The van der Waals surface area contributed by atoms with Gasteiger partial charge in [0.1, 0.15) is 11.5 Å². The smallest absolute Gasteiger partial charge is 0.185 e. The summed E-state index contributed by atoms with van der Waals surface area (Å²) in [6, 6.07) is 13.7. The molecule has 0 bridgehead atoms. The van der Waals surface area contributed by atoms with E-state index in [1.807, 2.05) is 13.8 Å². The molecular formula is C20H20O4. The van der Waals surface area contributed by atoms with E-state index in [0.29, 0.717) is 35.8 Å². The van der Waals surface area contributed by atoms with E-state index < -0.39 is 0 Å². The molecule has 0 atom stereocenters. The predicted octanol–water partition coefficient (Wildman–Crippen LogP) is 4.11. The maximum absolute atomic E-state index is 12.1. The zero-order valence-electron chi connectivity index (χ0n) is 13.8. The molecule has 0 spiro atoms. The molecule has 4 nitrogen and oxygen atoms in total. The van der Waals surface area contributed by atoms with Gasteiger partial charge in [-0.15, -0.1) is 0 Å². The highest BCUT2D eigenvalue weighted by Crippen LogP contribution is 2.14. The lowest BCUT2D eigenvalue weighted by molar-refractivity contribution is 0.102. The SMILES string of the molecule is CCOc1ccc(C(=O)/C=C/C(=O)c2ccc(OCC)cc2)cc1. The van der Waals surface area contributed by atoms with Gasteiger partial charge >= 0.3 is 0 Å². The molecule has 24 heavy (non-hydrogen) atoms. The van der Waals surface area contributed by atoms with Gasteiger partial charge in [0, 0.05) is 11.1 Å². The fourth-order valence-corrected chi connectivity index (χ4v) is 2.11. The summed E-state index contributed by atoms with van der Waals surface area (Å²) in [5, 5.41) is 0. The first-order valence-corrected chi connectivity index (χ1v) is 7.86. The maximum Gasteiger partial charge on any atom is 0.185 e. The van der Waals surface area contributed by atoms with Gasteiger partial charge in [0.15, 0.2) is 11.6 Å². The molecule has 0 heterocycles. The summed E-state index contributed by atoms with van der Waals surface area (Å²) in [7, 11) is 0. The van der Waals surface area contributed by atoms with Gasteiger partial charge in [-0.25, -0.2) is 0 Å². The average Bonchev–Trinajstić information content (AvgIpc) is 2.61. The normalized spacial score (nSPS) is 10.6. The molecule has 0 aromatic heterocycles. The van der Waals surface area contributed by atoms with E-state index in [0.717, 1.165) is 0 Å². The number of ether oxygens (including phenoxy) is 2. The predicted molar refractivity (Wildman–Crippen MR) is 93.0 cm³/mol. The Balaban J connectivity index is 2.00. The zero-order chi connectivity index (χ0) is 17.4. The van der Waals surface area contributed by atoms with E-state index >= 15 is 0 Å². The van der Waals surface area contributed by atoms with E-state index in [9.17, 15) is 9.59 Å². The third-order valence-corrected chi connectivity index (χ3v) is 3.29. The van der Waals surface area contributed by atoms with Crippen molar-refractivity contribution in [2.45, 2.75) is 13.8 Å². The van der Waals surface area contributed by atoms with Crippen molar-refractivity contribution in [3.05, 3.63) is 71.8 Å². The van der Waals surface area contributed by atoms with Gasteiger partial charge in [-0.1, -0.05) is 0 Å². The summed E-state index contributed by atoms with van der Waals surface area (Å²) in [4.78, 5) is 24.2. The van der Waals surface area contributed by atoms with Gasteiger partial charge in [-0.05, 0) is 74.5 Å². The lowest BCUT2D eigenvalue weighted by Crippen LogP contribution is -1.99. The summed E-state index contributed by atoms with van der Waals surface area (Å²) in [5.41, 5.74) is 1.02. The number of benzene rings is 2. The van der Waals surface area contributed by atoms with Crippen molar-refractivity contribution in [3.63, 3.8) is 0 Å². The van der Waals surface area contributed by atoms with Crippen molar-refractivity contribution in [2.24, 2.45) is 0 Å². The molecule has 0 radical (unpaired) electrons. The molecule has 124 valence electrons. The van der Waals surface area contributed by atoms with Crippen LogP contribution < -0.4 is 9.47 Å². The molecule has 0 unspecified atom stereocenters. The van der Waals surface area contributed by atoms with Crippen LogP contribution in [-0.2, 0) is 0 Å². The van der Waals surface area contributed by atoms with E-state index in [1.54, 1.807) is 48.5 Å². The van der Waals surface area contributed by atoms with E-state index in [1.165, 1.54) is 12.2 Å². The van der Waals surface area contributed by atoms with E-state index in [2.05, 4.69) is 0 Å². The number of carbonyl (C=O) groups is 2. The number of carbonyl (C=O) groups excluding carboxylic acids is 2. The molecular weight excluding hydrogens is 304 g/mol. The molecule has 2 rings (SSSR count). The Morgan fingerprint density at radius 1 is 0.708 bits per heavy atom. The van der Waals surface area contributed by atoms with Gasteiger partial charge in [-0.3, -0.25) is 9.59 Å². The Morgan fingerprint density at radius 3 is 1.33 bits per heavy atom.